The third kappa shape index (κ3) is 5.61. The number of rotatable bonds is 9. The van der Waals surface area contributed by atoms with Crippen LogP contribution in [0.1, 0.15) is 36.3 Å². The van der Waals surface area contributed by atoms with Crippen molar-refractivity contribution in [2.24, 2.45) is 5.92 Å². The standard InChI is InChI=1S/C19H26N4O3/c1-13(2)7-8-20-19(24)15-11-23-18(12-21-15)22-10-14-5-6-16(25-3)17(9-14)26-4/h5-6,9,11-13H,7-8,10H2,1-4H3,(H,20,24)(H,22,23). The number of hydrogen-bond acceptors (Lipinski definition) is 6. The average molecular weight is 358 g/mol. The second-order valence-electron chi connectivity index (χ2n) is 6.27. The summed E-state index contributed by atoms with van der Waals surface area (Å²) >= 11 is 0. The molecule has 0 aliphatic carbocycles. The highest BCUT2D eigenvalue weighted by Gasteiger charge is 2.08. The van der Waals surface area contributed by atoms with Crippen LogP contribution in [0.3, 0.4) is 0 Å². The highest BCUT2D eigenvalue weighted by molar-refractivity contribution is 5.91. The first-order valence-electron chi connectivity index (χ1n) is 8.58. The number of carbonyl (C=O) groups is 1. The number of hydrogen-bond donors (Lipinski definition) is 2. The summed E-state index contributed by atoms with van der Waals surface area (Å²) in [5.74, 6) is 2.29. The van der Waals surface area contributed by atoms with E-state index in [1.165, 1.54) is 6.20 Å². The minimum atomic E-state index is -0.204. The van der Waals surface area contributed by atoms with Crippen LogP contribution >= 0.6 is 0 Å². The van der Waals surface area contributed by atoms with Crippen LogP contribution in [0.5, 0.6) is 11.5 Å². The van der Waals surface area contributed by atoms with Gasteiger partial charge in [0, 0.05) is 13.1 Å². The molecule has 7 heteroatoms. The molecular weight excluding hydrogens is 332 g/mol. The number of methoxy groups -OCH3 is 2. The van der Waals surface area contributed by atoms with Crippen LogP contribution in [0.25, 0.3) is 0 Å². The summed E-state index contributed by atoms with van der Waals surface area (Å²) in [5, 5.41) is 6.02. The second-order valence-corrected chi connectivity index (χ2v) is 6.27. The van der Waals surface area contributed by atoms with E-state index < -0.39 is 0 Å². The summed E-state index contributed by atoms with van der Waals surface area (Å²) in [4.78, 5) is 20.4. The molecule has 0 saturated carbocycles. The SMILES string of the molecule is COc1ccc(CNc2cnc(C(=O)NCCC(C)C)cn2)cc1OC. The number of benzene rings is 1. The lowest BCUT2D eigenvalue weighted by Crippen LogP contribution is -2.26. The van der Waals surface area contributed by atoms with Gasteiger partial charge in [-0.3, -0.25) is 4.79 Å². The molecule has 140 valence electrons. The molecule has 2 N–H and O–H groups in total. The Morgan fingerprint density at radius 3 is 2.50 bits per heavy atom. The van der Waals surface area contributed by atoms with Crippen LogP contribution in [-0.4, -0.2) is 36.6 Å². The molecule has 0 fully saturated rings. The van der Waals surface area contributed by atoms with Gasteiger partial charge >= 0.3 is 0 Å². The Balaban J connectivity index is 1.90. The smallest absolute Gasteiger partial charge is 0.271 e. The zero-order valence-corrected chi connectivity index (χ0v) is 15.7. The van der Waals surface area contributed by atoms with Crippen molar-refractivity contribution >= 4 is 11.7 Å². The van der Waals surface area contributed by atoms with Crippen LogP contribution in [0.4, 0.5) is 5.82 Å². The first kappa shape index (κ1) is 19.5. The Morgan fingerprint density at radius 2 is 1.88 bits per heavy atom. The number of amides is 1. The van der Waals surface area contributed by atoms with E-state index >= 15 is 0 Å². The van der Waals surface area contributed by atoms with E-state index in [9.17, 15) is 4.79 Å². The molecule has 2 aromatic rings. The quantitative estimate of drug-likeness (QED) is 0.717. The van der Waals surface area contributed by atoms with Gasteiger partial charge in [-0.1, -0.05) is 19.9 Å². The van der Waals surface area contributed by atoms with Gasteiger partial charge in [-0.25, -0.2) is 9.97 Å². The van der Waals surface area contributed by atoms with Gasteiger partial charge in [0.15, 0.2) is 11.5 Å². The van der Waals surface area contributed by atoms with Crippen molar-refractivity contribution in [3.8, 4) is 11.5 Å². The maximum Gasteiger partial charge on any atom is 0.271 e. The topological polar surface area (TPSA) is 85.4 Å². The molecule has 1 amide bonds. The van der Waals surface area contributed by atoms with Gasteiger partial charge in [0.25, 0.3) is 5.91 Å². The van der Waals surface area contributed by atoms with Crippen LogP contribution < -0.4 is 20.1 Å². The van der Waals surface area contributed by atoms with Crippen LogP contribution in [-0.2, 0) is 6.54 Å². The normalized spacial score (nSPS) is 10.5. The maximum absolute atomic E-state index is 12.0. The third-order valence-corrected chi connectivity index (χ3v) is 3.81. The Morgan fingerprint density at radius 1 is 1.12 bits per heavy atom. The number of carbonyl (C=O) groups excluding carboxylic acids is 1. The molecule has 1 heterocycles. The van der Waals surface area contributed by atoms with E-state index in [0.717, 1.165) is 12.0 Å². The summed E-state index contributed by atoms with van der Waals surface area (Å²) in [6.07, 6.45) is 3.96. The van der Waals surface area contributed by atoms with Gasteiger partial charge in [-0.15, -0.1) is 0 Å². The first-order chi connectivity index (χ1) is 12.5. The minimum absolute atomic E-state index is 0.204. The third-order valence-electron chi connectivity index (χ3n) is 3.81. The Hall–Kier alpha value is -2.83. The van der Waals surface area contributed by atoms with Crippen molar-refractivity contribution in [3.63, 3.8) is 0 Å². The molecular formula is C19H26N4O3. The van der Waals surface area contributed by atoms with Crippen LogP contribution in [0.2, 0.25) is 0 Å². The zero-order chi connectivity index (χ0) is 18.9. The highest BCUT2D eigenvalue weighted by Crippen LogP contribution is 2.27. The largest absolute Gasteiger partial charge is 0.493 e. The average Bonchev–Trinajstić information content (AvgIpc) is 2.66. The Labute approximate surface area is 154 Å². The second kappa shape index (κ2) is 9.60. The lowest BCUT2D eigenvalue weighted by Gasteiger charge is -2.11. The maximum atomic E-state index is 12.0. The van der Waals surface area contributed by atoms with Crippen molar-refractivity contribution < 1.29 is 14.3 Å². The fourth-order valence-corrected chi connectivity index (χ4v) is 2.28. The van der Waals surface area contributed by atoms with Crippen LogP contribution in [0.15, 0.2) is 30.6 Å². The number of anilines is 1. The van der Waals surface area contributed by atoms with E-state index in [0.29, 0.717) is 42.0 Å². The Bertz CT molecular complexity index is 717. The summed E-state index contributed by atoms with van der Waals surface area (Å²) in [7, 11) is 3.21. The summed E-state index contributed by atoms with van der Waals surface area (Å²) in [5.41, 5.74) is 1.32. The lowest BCUT2D eigenvalue weighted by molar-refractivity contribution is 0.0946. The molecule has 2 rings (SSSR count). The molecule has 0 aliphatic rings. The predicted molar refractivity (Wildman–Crippen MR) is 101 cm³/mol. The molecule has 0 saturated heterocycles. The van der Waals surface area contributed by atoms with Crippen molar-refractivity contribution in [1.29, 1.82) is 0 Å². The van der Waals surface area contributed by atoms with Crippen molar-refractivity contribution in [1.82, 2.24) is 15.3 Å². The molecule has 0 radical (unpaired) electrons. The number of nitrogens with one attached hydrogen (secondary N) is 2. The van der Waals surface area contributed by atoms with E-state index in [1.54, 1.807) is 20.4 Å². The number of nitrogens with zero attached hydrogens (tertiary/aromatic N) is 2. The molecule has 0 unspecified atom stereocenters. The van der Waals surface area contributed by atoms with Crippen LogP contribution in [0, 0.1) is 5.92 Å². The van der Waals surface area contributed by atoms with Gasteiger partial charge in [0.2, 0.25) is 0 Å². The molecule has 1 aromatic carbocycles. The summed E-state index contributed by atoms with van der Waals surface area (Å²) in [6.45, 7) is 5.42. The fraction of sp³-hybridized carbons (Fsp3) is 0.421. The molecule has 26 heavy (non-hydrogen) atoms. The van der Waals surface area contributed by atoms with Crippen molar-refractivity contribution in [3.05, 3.63) is 41.9 Å². The number of aromatic nitrogens is 2. The fourth-order valence-electron chi connectivity index (χ4n) is 2.28. The zero-order valence-electron chi connectivity index (χ0n) is 15.7. The predicted octanol–water partition coefficient (Wildman–Crippen LogP) is 2.88. The van der Waals surface area contributed by atoms with Gasteiger partial charge < -0.3 is 20.1 Å². The molecule has 7 nitrogen and oxygen atoms in total. The molecule has 1 aromatic heterocycles. The lowest BCUT2D eigenvalue weighted by atomic mass is 10.1. The van der Waals surface area contributed by atoms with E-state index in [2.05, 4.69) is 34.4 Å². The van der Waals surface area contributed by atoms with Gasteiger partial charge in [0.05, 0.1) is 26.6 Å². The van der Waals surface area contributed by atoms with Crippen molar-refractivity contribution in [2.45, 2.75) is 26.8 Å². The van der Waals surface area contributed by atoms with Gasteiger partial charge in [-0.05, 0) is 30.0 Å². The minimum Gasteiger partial charge on any atom is -0.493 e. The Kier molecular flexibility index (Phi) is 7.20. The summed E-state index contributed by atoms with van der Waals surface area (Å²) < 4.78 is 10.5. The highest BCUT2D eigenvalue weighted by atomic mass is 16.5. The van der Waals surface area contributed by atoms with E-state index in [-0.39, 0.29) is 5.91 Å². The monoisotopic (exact) mass is 358 g/mol. The number of ether oxygens (including phenoxy) is 2. The van der Waals surface area contributed by atoms with Gasteiger partial charge in [-0.2, -0.15) is 0 Å². The molecule has 0 atom stereocenters. The molecule has 0 bridgehead atoms. The van der Waals surface area contributed by atoms with E-state index in [1.807, 2.05) is 18.2 Å². The first-order valence-corrected chi connectivity index (χ1v) is 8.58. The van der Waals surface area contributed by atoms with Gasteiger partial charge in [0.1, 0.15) is 11.5 Å². The summed E-state index contributed by atoms with van der Waals surface area (Å²) in [6, 6.07) is 5.69. The van der Waals surface area contributed by atoms with Crippen molar-refractivity contribution in [2.75, 3.05) is 26.1 Å². The molecule has 0 aliphatic heterocycles. The van der Waals surface area contributed by atoms with E-state index in [4.69, 9.17) is 9.47 Å². The molecule has 0 spiro atoms.